The van der Waals surface area contributed by atoms with Gasteiger partial charge in [-0.05, 0) is 49.2 Å². The van der Waals surface area contributed by atoms with Gasteiger partial charge in [-0.1, -0.05) is 15.9 Å². The summed E-state index contributed by atoms with van der Waals surface area (Å²) in [6.45, 7) is 3.92. The average Bonchev–Trinajstić information content (AvgIpc) is 2.49. The normalized spacial score (nSPS) is 10.2. The van der Waals surface area contributed by atoms with Gasteiger partial charge in [0.15, 0.2) is 0 Å². The Balaban J connectivity index is 2.34. The second-order valence-corrected chi connectivity index (χ2v) is 5.89. The Morgan fingerprint density at radius 3 is 1.91 bits per heavy atom. The number of methoxy groups -OCH3 is 2. The van der Waals surface area contributed by atoms with Gasteiger partial charge < -0.3 is 14.8 Å². The molecule has 0 saturated carbocycles. The lowest BCUT2D eigenvalue weighted by Gasteiger charge is -2.13. The molecule has 0 spiro atoms. The van der Waals surface area contributed by atoms with Crippen molar-refractivity contribution >= 4 is 27.5 Å². The van der Waals surface area contributed by atoms with Gasteiger partial charge >= 0.3 is 0 Å². The van der Waals surface area contributed by atoms with E-state index in [0.717, 1.165) is 21.3 Å². The molecule has 2 aromatic rings. The third-order valence-corrected chi connectivity index (χ3v) is 3.81. The SMILES string of the molecule is COc1cc(OC)cc(C(=O)Nc2c(C)cc(Br)cc2C)c1. The molecule has 0 aliphatic heterocycles. The van der Waals surface area contributed by atoms with E-state index in [1.54, 1.807) is 32.4 Å². The summed E-state index contributed by atoms with van der Waals surface area (Å²) in [4.78, 5) is 12.5. The third-order valence-electron chi connectivity index (χ3n) is 3.35. The van der Waals surface area contributed by atoms with Gasteiger partial charge in [-0.15, -0.1) is 0 Å². The molecule has 1 N–H and O–H groups in total. The number of ether oxygens (including phenoxy) is 2. The lowest BCUT2D eigenvalue weighted by molar-refractivity contribution is 0.102. The molecular formula is C17H18BrNO3. The van der Waals surface area contributed by atoms with Gasteiger partial charge in [0.1, 0.15) is 11.5 Å². The van der Waals surface area contributed by atoms with Crippen LogP contribution in [0.25, 0.3) is 0 Å². The Morgan fingerprint density at radius 1 is 0.955 bits per heavy atom. The first-order valence-electron chi connectivity index (χ1n) is 6.75. The van der Waals surface area contributed by atoms with Crippen molar-refractivity contribution in [1.82, 2.24) is 0 Å². The van der Waals surface area contributed by atoms with Crippen LogP contribution in [-0.4, -0.2) is 20.1 Å². The Bertz CT molecular complexity index is 668. The molecular weight excluding hydrogens is 346 g/mol. The minimum Gasteiger partial charge on any atom is -0.497 e. The van der Waals surface area contributed by atoms with Gasteiger partial charge in [0, 0.05) is 21.8 Å². The van der Waals surface area contributed by atoms with Crippen LogP contribution in [0.15, 0.2) is 34.8 Å². The largest absolute Gasteiger partial charge is 0.497 e. The van der Waals surface area contributed by atoms with Crippen molar-refractivity contribution in [2.24, 2.45) is 0 Å². The molecule has 5 heteroatoms. The Labute approximate surface area is 138 Å². The molecule has 0 radical (unpaired) electrons. The number of halogens is 1. The van der Waals surface area contributed by atoms with E-state index in [0.29, 0.717) is 17.1 Å². The van der Waals surface area contributed by atoms with Crippen molar-refractivity contribution in [3.8, 4) is 11.5 Å². The Morgan fingerprint density at radius 2 is 1.45 bits per heavy atom. The average molecular weight is 364 g/mol. The van der Waals surface area contributed by atoms with Crippen LogP contribution in [0.3, 0.4) is 0 Å². The zero-order chi connectivity index (χ0) is 16.3. The summed E-state index contributed by atoms with van der Waals surface area (Å²) in [6.07, 6.45) is 0. The van der Waals surface area contributed by atoms with Crippen LogP contribution in [0.5, 0.6) is 11.5 Å². The first kappa shape index (κ1) is 16.4. The summed E-state index contributed by atoms with van der Waals surface area (Å²) in [5.74, 6) is 0.952. The maximum absolute atomic E-state index is 12.5. The molecule has 0 aliphatic carbocycles. The number of aryl methyl sites for hydroxylation is 2. The lowest BCUT2D eigenvalue weighted by atomic mass is 10.1. The fourth-order valence-electron chi connectivity index (χ4n) is 2.23. The number of anilines is 1. The Kier molecular flexibility index (Phi) is 5.08. The van der Waals surface area contributed by atoms with Crippen molar-refractivity contribution in [2.75, 3.05) is 19.5 Å². The maximum Gasteiger partial charge on any atom is 0.255 e. The molecule has 116 valence electrons. The van der Waals surface area contributed by atoms with Crippen LogP contribution in [0.2, 0.25) is 0 Å². The summed E-state index contributed by atoms with van der Waals surface area (Å²) in [5.41, 5.74) is 3.29. The van der Waals surface area contributed by atoms with Crippen LogP contribution in [0.1, 0.15) is 21.5 Å². The molecule has 0 fully saturated rings. The van der Waals surface area contributed by atoms with Gasteiger partial charge in [0.05, 0.1) is 14.2 Å². The summed E-state index contributed by atoms with van der Waals surface area (Å²) in [6, 6.07) is 9.03. The lowest BCUT2D eigenvalue weighted by Crippen LogP contribution is -2.14. The molecule has 0 unspecified atom stereocenters. The number of benzene rings is 2. The van der Waals surface area contributed by atoms with Crippen molar-refractivity contribution in [3.63, 3.8) is 0 Å². The third kappa shape index (κ3) is 3.60. The molecule has 1 amide bonds. The van der Waals surface area contributed by atoms with Crippen LogP contribution in [0, 0.1) is 13.8 Å². The molecule has 0 atom stereocenters. The van der Waals surface area contributed by atoms with E-state index < -0.39 is 0 Å². The topological polar surface area (TPSA) is 47.6 Å². The van der Waals surface area contributed by atoms with Crippen LogP contribution >= 0.6 is 15.9 Å². The number of hydrogen-bond acceptors (Lipinski definition) is 3. The molecule has 0 heterocycles. The molecule has 22 heavy (non-hydrogen) atoms. The smallest absolute Gasteiger partial charge is 0.255 e. The second-order valence-electron chi connectivity index (χ2n) is 4.97. The maximum atomic E-state index is 12.5. The number of rotatable bonds is 4. The van der Waals surface area contributed by atoms with Gasteiger partial charge in [-0.25, -0.2) is 0 Å². The van der Waals surface area contributed by atoms with E-state index in [1.165, 1.54) is 0 Å². The number of carbonyl (C=O) groups excluding carboxylic acids is 1. The zero-order valence-electron chi connectivity index (χ0n) is 13.0. The van der Waals surface area contributed by atoms with Crippen LogP contribution in [-0.2, 0) is 0 Å². The highest BCUT2D eigenvalue weighted by atomic mass is 79.9. The highest BCUT2D eigenvalue weighted by Crippen LogP contribution is 2.27. The zero-order valence-corrected chi connectivity index (χ0v) is 14.6. The molecule has 0 aromatic heterocycles. The predicted molar refractivity (Wildman–Crippen MR) is 91.1 cm³/mol. The molecule has 0 bridgehead atoms. The Hall–Kier alpha value is -2.01. The number of amides is 1. The highest BCUT2D eigenvalue weighted by molar-refractivity contribution is 9.10. The van der Waals surface area contributed by atoms with Crippen molar-refractivity contribution in [2.45, 2.75) is 13.8 Å². The fraction of sp³-hybridized carbons (Fsp3) is 0.235. The minimum atomic E-state index is -0.203. The molecule has 2 rings (SSSR count). The monoisotopic (exact) mass is 363 g/mol. The summed E-state index contributed by atoms with van der Waals surface area (Å²) in [7, 11) is 3.11. The van der Waals surface area contributed by atoms with E-state index in [1.807, 2.05) is 26.0 Å². The molecule has 2 aromatic carbocycles. The first-order chi connectivity index (χ1) is 10.4. The number of hydrogen-bond donors (Lipinski definition) is 1. The number of nitrogens with one attached hydrogen (secondary N) is 1. The quantitative estimate of drug-likeness (QED) is 0.878. The van der Waals surface area contributed by atoms with Crippen molar-refractivity contribution < 1.29 is 14.3 Å². The molecule has 0 aliphatic rings. The second kappa shape index (κ2) is 6.83. The summed E-state index contributed by atoms with van der Waals surface area (Å²) >= 11 is 3.45. The number of carbonyl (C=O) groups is 1. The van der Waals surface area contributed by atoms with Crippen LogP contribution < -0.4 is 14.8 Å². The molecule has 4 nitrogen and oxygen atoms in total. The van der Waals surface area contributed by atoms with Gasteiger partial charge in [-0.2, -0.15) is 0 Å². The predicted octanol–water partition coefficient (Wildman–Crippen LogP) is 4.34. The van der Waals surface area contributed by atoms with Crippen molar-refractivity contribution in [3.05, 3.63) is 51.5 Å². The fourth-order valence-corrected chi connectivity index (χ4v) is 2.92. The summed E-state index contributed by atoms with van der Waals surface area (Å²) in [5, 5.41) is 2.95. The molecule has 0 saturated heterocycles. The van der Waals surface area contributed by atoms with Gasteiger partial charge in [0.25, 0.3) is 5.91 Å². The van der Waals surface area contributed by atoms with Crippen molar-refractivity contribution in [1.29, 1.82) is 0 Å². The highest BCUT2D eigenvalue weighted by Gasteiger charge is 2.13. The van der Waals surface area contributed by atoms with E-state index >= 15 is 0 Å². The summed E-state index contributed by atoms with van der Waals surface area (Å²) < 4.78 is 11.4. The van der Waals surface area contributed by atoms with Crippen LogP contribution in [0.4, 0.5) is 5.69 Å². The van der Waals surface area contributed by atoms with Gasteiger partial charge in [-0.3, -0.25) is 4.79 Å². The standard InChI is InChI=1S/C17H18BrNO3/c1-10-5-13(18)6-11(2)16(10)19-17(20)12-7-14(21-3)9-15(8-12)22-4/h5-9H,1-4H3,(H,19,20). The van der Waals surface area contributed by atoms with E-state index in [-0.39, 0.29) is 5.91 Å². The van der Waals surface area contributed by atoms with E-state index in [9.17, 15) is 4.79 Å². The van der Waals surface area contributed by atoms with E-state index in [4.69, 9.17) is 9.47 Å². The first-order valence-corrected chi connectivity index (χ1v) is 7.55. The van der Waals surface area contributed by atoms with Gasteiger partial charge in [0.2, 0.25) is 0 Å². The van der Waals surface area contributed by atoms with E-state index in [2.05, 4.69) is 21.2 Å². The minimum absolute atomic E-state index is 0.203.